The molecule has 0 aliphatic heterocycles. The highest BCUT2D eigenvalue weighted by Gasteiger charge is 2.19. The highest BCUT2D eigenvalue weighted by Crippen LogP contribution is 2.31. The van der Waals surface area contributed by atoms with Crippen LogP contribution < -0.4 is 10.1 Å². The van der Waals surface area contributed by atoms with E-state index in [9.17, 15) is 8.78 Å². The van der Waals surface area contributed by atoms with E-state index in [1.54, 1.807) is 16.8 Å². The van der Waals surface area contributed by atoms with Gasteiger partial charge in [-0.2, -0.15) is 4.39 Å². The van der Waals surface area contributed by atoms with Crippen molar-refractivity contribution < 1.29 is 18.0 Å². The molecular weight excluding hydrogens is 424 g/mol. The number of nitrogens with one attached hydrogen (secondary N) is 1. The fourth-order valence-electron chi connectivity index (χ4n) is 3.93. The summed E-state index contributed by atoms with van der Waals surface area (Å²) in [6.07, 6.45) is 5.70. The molecule has 172 valence electrons. The molecule has 2 aromatic heterocycles. The van der Waals surface area contributed by atoms with Gasteiger partial charge in [-0.1, -0.05) is 13.0 Å². The second-order valence-corrected chi connectivity index (χ2v) is 8.97. The average Bonchev–Trinajstić information content (AvgIpc) is 3.20. The molecule has 1 N–H and O–H groups in total. The molecule has 0 bridgehead atoms. The first kappa shape index (κ1) is 22.7. The Bertz CT molecular complexity index is 1310. The quantitative estimate of drug-likeness (QED) is 0.392. The molecule has 0 saturated heterocycles. The summed E-state index contributed by atoms with van der Waals surface area (Å²) in [5.74, 6) is -1.63. The first-order valence-corrected chi connectivity index (χ1v) is 10.8. The summed E-state index contributed by atoms with van der Waals surface area (Å²) in [5, 5.41) is 3.33. The number of aryl methyl sites for hydroxylation is 1. The summed E-state index contributed by atoms with van der Waals surface area (Å²) in [6, 6.07) is 9.17. The Hall–Kier alpha value is -3.52. The molecule has 0 atom stereocenters. The van der Waals surface area contributed by atoms with Crippen molar-refractivity contribution in [3.63, 3.8) is 0 Å². The largest absolute Gasteiger partial charge is 0.494 e. The molecule has 0 aliphatic carbocycles. The summed E-state index contributed by atoms with van der Waals surface area (Å²) in [4.78, 5) is 8.86. The summed E-state index contributed by atoms with van der Waals surface area (Å²) >= 11 is 0. The molecule has 4 aromatic rings. The summed E-state index contributed by atoms with van der Waals surface area (Å²) in [5.41, 5.74) is 4.49. The van der Waals surface area contributed by atoms with Crippen LogP contribution in [0.15, 0.2) is 48.9 Å². The average molecular weight is 453 g/mol. The number of methoxy groups -OCH3 is 1. The number of halogens is 2. The summed E-state index contributed by atoms with van der Waals surface area (Å²) < 4.78 is 36.4. The molecule has 0 spiro atoms. The fraction of sp³-hybridized carbons (Fsp3) is 0.280. The molecule has 6 nitrogen and oxygen atoms in total. The second-order valence-electron chi connectivity index (χ2n) is 8.97. The first-order valence-electron chi connectivity index (χ1n) is 10.8. The lowest BCUT2D eigenvalue weighted by molar-refractivity contribution is -0.884. The van der Waals surface area contributed by atoms with Gasteiger partial charge in [0.2, 0.25) is 5.82 Å². The Labute approximate surface area is 192 Å². The predicted octanol–water partition coefficient (Wildman–Crippen LogP) is 5.20. The number of hydrogen-bond donors (Lipinski definition) is 1. The Morgan fingerprint density at radius 2 is 1.82 bits per heavy atom. The first-order chi connectivity index (χ1) is 15.7. The molecule has 8 heteroatoms. The number of anilines is 2. The van der Waals surface area contributed by atoms with E-state index < -0.39 is 11.6 Å². The van der Waals surface area contributed by atoms with Crippen molar-refractivity contribution in [2.45, 2.75) is 19.9 Å². The van der Waals surface area contributed by atoms with Crippen molar-refractivity contribution in [2.24, 2.45) is 0 Å². The van der Waals surface area contributed by atoms with Crippen LogP contribution in [-0.4, -0.2) is 47.1 Å². The van der Waals surface area contributed by atoms with E-state index in [-0.39, 0.29) is 11.3 Å². The molecule has 2 aromatic carbocycles. The van der Waals surface area contributed by atoms with Gasteiger partial charge >= 0.3 is 0 Å². The fourth-order valence-corrected chi connectivity index (χ4v) is 3.93. The maximum absolute atomic E-state index is 14.7. The van der Waals surface area contributed by atoms with Gasteiger partial charge in [-0.15, -0.1) is 0 Å². The van der Waals surface area contributed by atoms with E-state index in [4.69, 9.17) is 4.74 Å². The normalized spacial score (nSPS) is 11.7. The zero-order valence-electron chi connectivity index (χ0n) is 19.5. The molecule has 0 amide bonds. The molecule has 0 radical (unpaired) electrons. The van der Waals surface area contributed by atoms with Crippen LogP contribution in [0.3, 0.4) is 0 Å². The molecule has 0 aliphatic rings. The van der Waals surface area contributed by atoms with Crippen molar-refractivity contribution in [2.75, 3.05) is 33.6 Å². The molecule has 0 unspecified atom stereocenters. The molecule has 0 saturated carbocycles. The smallest absolute Gasteiger partial charge is 0.201 e. The molecular formula is C25H28F2N5O+. The Morgan fingerprint density at radius 3 is 2.52 bits per heavy atom. The van der Waals surface area contributed by atoms with Gasteiger partial charge in [0, 0.05) is 29.2 Å². The van der Waals surface area contributed by atoms with E-state index in [2.05, 4.69) is 55.5 Å². The van der Waals surface area contributed by atoms with Gasteiger partial charge in [0.05, 0.1) is 40.1 Å². The number of ether oxygens (including phenoxy) is 1. The predicted molar refractivity (Wildman–Crippen MR) is 126 cm³/mol. The number of rotatable bonds is 7. The van der Waals surface area contributed by atoms with Gasteiger partial charge in [0.25, 0.3) is 0 Å². The minimum absolute atomic E-state index is 0.0934. The third kappa shape index (κ3) is 4.52. The van der Waals surface area contributed by atoms with Crippen LogP contribution in [0.1, 0.15) is 18.1 Å². The number of aromatic nitrogens is 3. The number of imidazole rings is 1. The van der Waals surface area contributed by atoms with Gasteiger partial charge in [-0.05, 0) is 36.2 Å². The number of benzene rings is 2. The highest BCUT2D eigenvalue weighted by atomic mass is 19.2. The SMILES string of the molecule is CCc1cc(Nc2nccn3c(-c4ccc(OC)c(F)c4F)cnc23)ccc1C[N+](C)(C)C. The van der Waals surface area contributed by atoms with E-state index in [0.29, 0.717) is 17.2 Å². The van der Waals surface area contributed by atoms with Crippen LogP contribution in [0.2, 0.25) is 0 Å². The van der Waals surface area contributed by atoms with Crippen LogP contribution in [-0.2, 0) is 13.0 Å². The van der Waals surface area contributed by atoms with Gasteiger partial charge < -0.3 is 14.5 Å². The van der Waals surface area contributed by atoms with E-state index in [1.807, 2.05) is 6.07 Å². The van der Waals surface area contributed by atoms with Crippen LogP contribution in [0.5, 0.6) is 5.75 Å². The number of hydrogen-bond acceptors (Lipinski definition) is 4. The lowest BCUT2D eigenvalue weighted by atomic mass is 10.0. The second kappa shape index (κ2) is 8.78. The summed E-state index contributed by atoms with van der Waals surface area (Å²) in [6.45, 7) is 3.07. The van der Waals surface area contributed by atoms with Gasteiger partial charge in [0.15, 0.2) is 23.0 Å². The number of fused-ring (bicyclic) bond motifs is 1. The zero-order chi connectivity index (χ0) is 23.8. The van der Waals surface area contributed by atoms with Crippen molar-refractivity contribution >= 4 is 17.2 Å². The van der Waals surface area contributed by atoms with Crippen molar-refractivity contribution in [3.05, 3.63) is 71.7 Å². The maximum Gasteiger partial charge on any atom is 0.201 e. The minimum atomic E-state index is -1.03. The maximum atomic E-state index is 14.7. The van der Waals surface area contributed by atoms with Crippen molar-refractivity contribution in [1.29, 1.82) is 0 Å². The van der Waals surface area contributed by atoms with Crippen LogP contribution >= 0.6 is 0 Å². The van der Waals surface area contributed by atoms with Crippen LogP contribution in [0.4, 0.5) is 20.3 Å². The third-order valence-corrected chi connectivity index (χ3v) is 5.47. The lowest BCUT2D eigenvalue weighted by Crippen LogP contribution is -2.33. The van der Waals surface area contributed by atoms with Gasteiger partial charge in [-0.3, -0.25) is 4.40 Å². The third-order valence-electron chi connectivity index (χ3n) is 5.47. The van der Waals surface area contributed by atoms with E-state index >= 15 is 0 Å². The van der Waals surface area contributed by atoms with E-state index in [1.165, 1.54) is 36.6 Å². The minimum Gasteiger partial charge on any atom is -0.494 e. The van der Waals surface area contributed by atoms with Gasteiger partial charge in [0.1, 0.15) is 6.54 Å². The number of nitrogens with zero attached hydrogens (tertiary/aromatic N) is 4. The lowest BCUT2D eigenvalue weighted by Gasteiger charge is -2.25. The molecule has 2 heterocycles. The van der Waals surface area contributed by atoms with Crippen molar-refractivity contribution in [1.82, 2.24) is 14.4 Å². The molecule has 0 fully saturated rings. The topological polar surface area (TPSA) is 51.5 Å². The van der Waals surface area contributed by atoms with Crippen molar-refractivity contribution in [3.8, 4) is 17.0 Å². The zero-order valence-corrected chi connectivity index (χ0v) is 19.5. The van der Waals surface area contributed by atoms with Gasteiger partial charge in [-0.25, -0.2) is 14.4 Å². The monoisotopic (exact) mass is 452 g/mol. The standard InChI is InChI=1S/C25H28F2N5O/c1-6-16-13-18(8-7-17(16)15-32(2,3)4)30-24-25-29-14-20(31(25)12-11-28-24)19-9-10-21(33-5)23(27)22(19)26/h7-14H,6,15H2,1-5H3,(H,28,30)/q+1. The van der Waals surface area contributed by atoms with Crippen LogP contribution in [0.25, 0.3) is 16.9 Å². The Kier molecular flexibility index (Phi) is 6.03. The Morgan fingerprint density at radius 1 is 1.03 bits per heavy atom. The van der Waals surface area contributed by atoms with E-state index in [0.717, 1.165) is 23.1 Å². The molecule has 4 rings (SSSR count). The number of quaternary nitrogens is 1. The Balaban J connectivity index is 1.70. The highest BCUT2D eigenvalue weighted by molar-refractivity contribution is 5.75. The molecule has 33 heavy (non-hydrogen) atoms. The van der Waals surface area contributed by atoms with Crippen LogP contribution in [0, 0.1) is 11.6 Å². The summed E-state index contributed by atoms with van der Waals surface area (Å²) in [7, 11) is 7.81.